The average molecular weight is 381 g/mol. The second-order valence-corrected chi connectivity index (χ2v) is 8.02. The summed E-state index contributed by atoms with van der Waals surface area (Å²) in [4.78, 5) is 0.0718. The molecular weight excluding hydrogens is 362 g/mol. The molecule has 1 heterocycles. The fourth-order valence-corrected chi connectivity index (χ4v) is 3.94. The maximum Gasteiger partial charge on any atom is 0.358 e. The van der Waals surface area contributed by atoms with Gasteiger partial charge in [0.1, 0.15) is 22.5 Å². The van der Waals surface area contributed by atoms with Crippen LogP contribution in [0.1, 0.15) is 24.5 Å². The van der Waals surface area contributed by atoms with Gasteiger partial charge in [0.15, 0.2) is 0 Å². The fourth-order valence-electron chi connectivity index (χ4n) is 3.20. The summed E-state index contributed by atoms with van der Waals surface area (Å²) in [7, 11) is -4.00. The van der Waals surface area contributed by atoms with Crippen LogP contribution in [0.15, 0.2) is 70.7 Å². The third-order valence-electron chi connectivity index (χ3n) is 4.64. The summed E-state index contributed by atoms with van der Waals surface area (Å²) in [6.45, 7) is 3.85. The predicted molar refractivity (Wildman–Crippen MR) is 105 cm³/mol. The van der Waals surface area contributed by atoms with E-state index < -0.39 is 10.1 Å². The number of nitrogens with zero attached hydrogens (tertiary/aromatic N) is 1. The number of benzene rings is 3. The largest absolute Gasteiger partial charge is 0.483 e. The van der Waals surface area contributed by atoms with Crippen LogP contribution in [-0.4, -0.2) is 20.2 Å². The summed E-state index contributed by atoms with van der Waals surface area (Å²) >= 11 is 0. The molecule has 0 spiro atoms. The zero-order chi connectivity index (χ0) is 19.0. The summed E-state index contributed by atoms with van der Waals surface area (Å²) < 4.78 is 36.0. The van der Waals surface area contributed by atoms with E-state index in [9.17, 15) is 8.42 Å². The molecule has 1 aliphatic heterocycles. The second kappa shape index (κ2) is 6.70. The molecule has 1 aliphatic rings. The Hall–Kier alpha value is -2.86. The van der Waals surface area contributed by atoms with Crippen LogP contribution in [0.4, 0.5) is 0 Å². The van der Waals surface area contributed by atoms with Gasteiger partial charge in [-0.2, -0.15) is 8.42 Å². The number of fused-ring (bicyclic) bond motifs is 3. The third kappa shape index (κ3) is 3.17. The first-order chi connectivity index (χ1) is 13.0. The van der Waals surface area contributed by atoms with E-state index in [2.05, 4.69) is 5.16 Å². The molecule has 0 aromatic heterocycles. The first-order valence-corrected chi connectivity index (χ1v) is 10.2. The molecule has 0 N–H and O–H groups in total. The summed E-state index contributed by atoms with van der Waals surface area (Å²) in [5.74, 6) is 0.690. The number of hydrogen-bond acceptors (Lipinski definition) is 5. The van der Waals surface area contributed by atoms with Crippen LogP contribution in [0.3, 0.4) is 0 Å². The standard InChI is InChI=1S/C21H19NO4S/c1-3-18-21(22-26-27(23,24)16-11-8-14(2)9-12-16)20-17-7-5-4-6-15(17)10-13-19(20)25-18/h4-13,18H,3H2,1-2H3/b22-21+. The Bertz CT molecular complexity index is 1130. The van der Waals surface area contributed by atoms with Crippen molar-refractivity contribution in [2.24, 2.45) is 5.16 Å². The summed E-state index contributed by atoms with van der Waals surface area (Å²) in [5.41, 5.74) is 2.26. The molecule has 6 heteroatoms. The lowest BCUT2D eigenvalue weighted by molar-refractivity contribution is 0.270. The van der Waals surface area contributed by atoms with Crippen LogP contribution in [0, 0.1) is 6.92 Å². The molecule has 0 saturated carbocycles. The highest BCUT2D eigenvalue weighted by Gasteiger charge is 2.32. The summed E-state index contributed by atoms with van der Waals surface area (Å²) in [5, 5.41) is 6.03. The smallest absolute Gasteiger partial charge is 0.358 e. The third-order valence-corrected chi connectivity index (χ3v) is 5.76. The first-order valence-electron chi connectivity index (χ1n) is 8.76. The van der Waals surface area contributed by atoms with Crippen molar-refractivity contribution in [3.05, 3.63) is 71.8 Å². The van der Waals surface area contributed by atoms with Crippen molar-refractivity contribution in [3.8, 4) is 5.75 Å². The van der Waals surface area contributed by atoms with Crippen LogP contribution in [0.5, 0.6) is 5.75 Å². The molecule has 1 atom stereocenters. The van der Waals surface area contributed by atoms with Crippen molar-refractivity contribution in [2.75, 3.05) is 0 Å². The zero-order valence-corrected chi connectivity index (χ0v) is 15.9. The molecule has 0 radical (unpaired) electrons. The van der Waals surface area contributed by atoms with Crippen LogP contribution >= 0.6 is 0 Å². The van der Waals surface area contributed by atoms with Crippen LogP contribution < -0.4 is 4.74 Å². The molecule has 4 rings (SSSR count). The van der Waals surface area contributed by atoms with E-state index in [0.29, 0.717) is 17.9 Å². The van der Waals surface area contributed by atoms with Crippen molar-refractivity contribution < 1.29 is 17.4 Å². The minimum atomic E-state index is -4.00. The fraction of sp³-hybridized carbons (Fsp3) is 0.190. The Morgan fingerprint density at radius 2 is 1.78 bits per heavy atom. The van der Waals surface area contributed by atoms with Gasteiger partial charge < -0.3 is 4.74 Å². The molecule has 138 valence electrons. The Kier molecular flexibility index (Phi) is 4.36. The van der Waals surface area contributed by atoms with E-state index in [0.717, 1.165) is 21.9 Å². The SMILES string of the molecule is CCC1Oc2ccc3ccccc3c2/C1=N/OS(=O)(=O)c1ccc(C)cc1. The summed E-state index contributed by atoms with van der Waals surface area (Å²) in [6, 6.07) is 18.2. The Balaban J connectivity index is 1.77. The molecule has 1 unspecified atom stereocenters. The molecule has 0 bridgehead atoms. The van der Waals surface area contributed by atoms with Crippen molar-refractivity contribution in [1.29, 1.82) is 0 Å². The first kappa shape index (κ1) is 17.5. The highest BCUT2D eigenvalue weighted by Crippen LogP contribution is 2.36. The van der Waals surface area contributed by atoms with Crippen molar-refractivity contribution in [1.82, 2.24) is 0 Å². The number of aryl methyl sites for hydroxylation is 1. The topological polar surface area (TPSA) is 65.0 Å². The molecule has 3 aromatic carbocycles. The van der Waals surface area contributed by atoms with Gasteiger partial charge in [-0.15, -0.1) is 0 Å². The van der Waals surface area contributed by atoms with Gasteiger partial charge in [-0.25, -0.2) is 0 Å². The van der Waals surface area contributed by atoms with Crippen LogP contribution in [-0.2, 0) is 14.4 Å². The van der Waals surface area contributed by atoms with Crippen molar-refractivity contribution in [2.45, 2.75) is 31.3 Å². The van der Waals surface area contributed by atoms with Crippen molar-refractivity contribution >= 4 is 26.6 Å². The lowest BCUT2D eigenvalue weighted by Gasteiger charge is -2.08. The minimum Gasteiger partial charge on any atom is -0.483 e. The molecule has 3 aromatic rings. The van der Waals surface area contributed by atoms with Gasteiger partial charge in [-0.05, 0) is 42.3 Å². The van der Waals surface area contributed by atoms with E-state index in [1.165, 1.54) is 12.1 Å². The quantitative estimate of drug-likeness (QED) is 0.627. The van der Waals surface area contributed by atoms with E-state index in [-0.39, 0.29) is 11.0 Å². The second-order valence-electron chi connectivity index (χ2n) is 6.49. The van der Waals surface area contributed by atoms with Gasteiger partial charge in [0.25, 0.3) is 0 Å². The van der Waals surface area contributed by atoms with Gasteiger partial charge >= 0.3 is 10.1 Å². The van der Waals surface area contributed by atoms with E-state index in [1.807, 2.05) is 50.2 Å². The van der Waals surface area contributed by atoms with Crippen molar-refractivity contribution in [3.63, 3.8) is 0 Å². The molecule has 5 nitrogen and oxygen atoms in total. The molecular formula is C21H19NO4S. The summed E-state index contributed by atoms with van der Waals surface area (Å²) in [6.07, 6.45) is 0.300. The molecule has 0 aliphatic carbocycles. The monoisotopic (exact) mass is 381 g/mol. The molecule has 27 heavy (non-hydrogen) atoms. The highest BCUT2D eigenvalue weighted by molar-refractivity contribution is 7.86. The zero-order valence-electron chi connectivity index (χ0n) is 15.0. The van der Waals surface area contributed by atoms with Crippen LogP contribution in [0.25, 0.3) is 10.8 Å². The Morgan fingerprint density at radius 1 is 1.04 bits per heavy atom. The molecule has 0 saturated heterocycles. The number of hydrogen-bond donors (Lipinski definition) is 0. The normalized spacial score (nSPS) is 17.7. The van der Waals surface area contributed by atoms with E-state index in [4.69, 9.17) is 9.02 Å². The predicted octanol–water partition coefficient (Wildman–Crippen LogP) is 4.43. The number of oxime groups is 1. The van der Waals surface area contributed by atoms with E-state index >= 15 is 0 Å². The lowest BCUT2D eigenvalue weighted by atomic mass is 9.99. The number of ether oxygens (including phenoxy) is 1. The van der Waals surface area contributed by atoms with E-state index in [1.54, 1.807) is 12.1 Å². The maximum atomic E-state index is 12.5. The molecule has 0 fully saturated rings. The van der Waals surface area contributed by atoms with Gasteiger partial charge in [-0.1, -0.05) is 60.1 Å². The maximum absolute atomic E-state index is 12.5. The van der Waals surface area contributed by atoms with Gasteiger partial charge in [0.05, 0.1) is 5.56 Å². The van der Waals surface area contributed by atoms with Crippen LogP contribution in [0.2, 0.25) is 0 Å². The minimum absolute atomic E-state index is 0.0718. The average Bonchev–Trinajstić information content (AvgIpc) is 3.05. The number of rotatable bonds is 4. The van der Waals surface area contributed by atoms with Gasteiger partial charge in [0.2, 0.25) is 0 Å². The molecule has 0 amide bonds. The van der Waals surface area contributed by atoms with Gasteiger partial charge in [0, 0.05) is 0 Å². The highest BCUT2D eigenvalue weighted by atomic mass is 32.2. The van der Waals surface area contributed by atoms with Gasteiger partial charge in [-0.3, -0.25) is 4.28 Å². The Labute approximate surface area is 158 Å². The lowest BCUT2D eigenvalue weighted by Crippen LogP contribution is -2.21. The Morgan fingerprint density at radius 3 is 2.52 bits per heavy atom.